The van der Waals surface area contributed by atoms with Crippen LogP contribution in [0.2, 0.25) is 0 Å². The highest BCUT2D eigenvalue weighted by Gasteiger charge is 2.35. The van der Waals surface area contributed by atoms with E-state index in [9.17, 15) is 8.42 Å². The fourth-order valence-corrected chi connectivity index (χ4v) is 5.43. The topological polar surface area (TPSA) is 69.4 Å². The summed E-state index contributed by atoms with van der Waals surface area (Å²) in [7, 11) is -1.90. The van der Waals surface area contributed by atoms with Crippen molar-refractivity contribution < 1.29 is 13.2 Å². The van der Waals surface area contributed by atoms with E-state index in [1.165, 1.54) is 7.11 Å². The summed E-state index contributed by atoms with van der Waals surface area (Å²) in [5.41, 5.74) is 6.20. The Balaban J connectivity index is 2.39. The van der Waals surface area contributed by atoms with Crippen LogP contribution >= 0.6 is 0 Å². The van der Waals surface area contributed by atoms with E-state index in [0.717, 1.165) is 19.3 Å². The summed E-state index contributed by atoms with van der Waals surface area (Å²) in [5, 5.41) is -0.321. The quantitative estimate of drug-likeness (QED) is 0.871. The minimum Gasteiger partial charge on any atom is -0.495 e. The molecule has 0 saturated heterocycles. The molecule has 0 spiro atoms. The second-order valence-corrected chi connectivity index (χ2v) is 8.19. The van der Waals surface area contributed by atoms with Gasteiger partial charge in [0.25, 0.3) is 0 Å². The monoisotopic (exact) mass is 297 g/mol. The van der Waals surface area contributed by atoms with Crippen molar-refractivity contribution in [3.05, 3.63) is 18.2 Å². The van der Waals surface area contributed by atoms with Gasteiger partial charge in [0, 0.05) is 11.8 Å². The number of hydrogen-bond donors (Lipinski definition) is 1. The molecule has 2 rings (SSSR count). The van der Waals surface area contributed by atoms with Crippen molar-refractivity contribution in [2.75, 3.05) is 12.8 Å². The first kappa shape index (κ1) is 15.2. The maximum atomic E-state index is 12.8. The van der Waals surface area contributed by atoms with E-state index in [0.29, 0.717) is 23.3 Å². The van der Waals surface area contributed by atoms with Crippen LogP contribution in [0.3, 0.4) is 0 Å². The molecular weight excluding hydrogens is 274 g/mol. The van der Waals surface area contributed by atoms with Crippen molar-refractivity contribution in [2.45, 2.75) is 43.3 Å². The highest BCUT2D eigenvalue weighted by atomic mass is 32.2. The Bertz CT molecular complexity index is 573. The summed E-state index contributed by atoms with van der Waals surface area (Å²) in [5.74, 6) is 1.23. The third kappa shape index (κ3) is 2.92. The van der Waals surface area contributed by atoms with Gasteiger partial charge in [-0.1, -0.05) is 13.8 Å². The van der Waals surface area contributed by atoms with Crippen LogP contribution < -0.4 is 10.5 Å². The Kier molecular flexibility index (Phi) is 4.28. The van der Waals surface area contributed by atoms with Crippen molar-refractivity contribution in [3.8, 4) is 5.75 Å². The van der Waals surface area contributed by atoms with Gasteiger partial charge in [0.15, 0.2) is 9.84 Å². The molecule has 0 bridgehead atoms. The average Bonchev–Trinajstić information content (AvgIpc) is 2.37. The van der Waals surface area contributed by atoms with Gasteiger partial charge in [0.1, 0.15) is 10.6 Å². The number of rotatable bonds is 3. The van der Waals surface area contributed by atoms with E-state index in [2.05, 4.69) is 13.8 Å². The fraction of sp³-hybridized carbons (Fsp3) is 0.600. The Morgan fingerprint density at radius 3 is 2.30 bits per heavy atom. The minimum atomic E-state index is -3.37. The molecule has 1 aliphatic carbocycles. The van der Waals surface area contributed by atoms with Crippen LogP contribution in [-0.4, -0.2) is 20.8 Å². The van der Waals surface area contributed by atoms with Crippen molar-refractivity contribution >= 4 is 15.5 Å². The highest BCUT2D eigenvalue weighted by Crippen LogP contribution is 2.38. The third-order valence-electron chi connectivity index (χ3n) is 4.07. The summed E-state index contributed by atoms with van der Waals surface area (Å²) >= 11 is 0. The molecule has 0 amide bonds. The number of benzene rings is 1. The van der Waals surface area contributed by atoms with Crippen molar-refractivity contribution in [1.82, 2.24) is 0 Å². The summed E-state index contributed by atoms with van der Waals surface area (Å²) < 4.78 is 30.9. The van der Waals surface area contributed by atoms with Crippen LogP contribution in [0.25, 0.3) is 0 Å². The van der Waals surface area contributed by atoms with Crippen molar-refractivity contribution in [2.24, 2.45) is 11.8 Å². The molecule has 2 unspecified atom stereocenters. The third-order valence-corrected chi connectivity index (χ3v) is 6.28. The number of nitrogen functional groups attached to an aromatic ring is 1. The van der Waals surface area contributed by atoms with Gasteiger partial charge in [-0.05, 0) is 43.2 Å². The van der Waals surface area contributed by atoms with Gasteiger partial charge in [-0.2, -0.15) is 0 Å². The molecule has 0 aromatic heterocycles. The molecule has 1 fully saturated rings. The summed E-state index contributed by atoms with van der Waals surface area (Å²) in [4.78, 5) is 0.264. The Morgan fingerprint density at radius 2 is 1.75 bits per heavy atom. The molecule has 2 atom stereocenters. The summed E-state index contributed by atoms with van der Waals surface area (Å²) in [6.07, 6.45) is 2.55. The van der Waals surface area contributed by atoms with Gasteiger partial charge < -0.3 is 10.5 Å². The zero-order valence-electron chi connectivity index (χ0n) is 12.3. The van der Waals surface area contributed by atoms with Crippen molar-refractivity contribution in [1.29, 1.82) is 0 Å². The van der Waals surface area contributed by atoms with Gasteiger partial charge >= 0.3 is 0 Å². The fourth-order valence-electron chi connectivity index (χ4n) is 3.23. The van der Waals surface area contributed by atoms with Gasteiger partial charge in [-0.25, -0.2) is 8.42 Å². The first-order valence-electron chi connectivity index (χ1n) is 7.02. The molecular formula is C15H23NO3S. The maximum absolute atomic E-state index is 12.8. The predicted molar refractivity (Wildman–Crippen MR) is 80.6 cm³/mol. The van der Waals surface area contributed by atoms with E-state index >= 15 is 0 Å². The zero-order chi connectivity index (χ0) is 14.9. The lowest BCUT2D eigenvalue weighted by Gasteiger charge is -2.31. The van der Waals surface area contributed by atoms with E-state index < -0.39 is 9.84 Å². The van der Waals surface area contributed by atoms with E-state index in [-0.39, 0.29) is 10.1 Å². The van der Waals surface area contributed by atoms with Crippen LogP contribution in [0, 0.1) is 11.8 Å². The second kappa shape index (κ2) is 5.64. The lowest BCUT2D eigenvalue weighted by atomic mass is 9.83. The minimum absolute atomic E-state index is 0.264. The normalized spacial score (nSPS) is 27.2. The van der Waals surface area contributed by atoms with Crippen molar-refractivity contribution in [3.63, 3.8) is 0 Å². The van der Waals surface area contributed by atoms with Crippen LogP contribution in [0.4, 0.5) is 5.69 Å². The average molecular weight is 297 g/mol. The first-order chi connectivity index (χ1) is 9.34. The lowest BCUT2D eigenvalue weighted by molar-refractivity contribution is 0.301. The molecule has 20 heavy (non-hydrogen) atoms. The van der Waals surface area contributed by atoms with Gasteiger partial charge in [-0.3, -0.25) is 0 Å². The molecule has 4 nitrogen and oxygen atoms in total. The van der Waals surface area contributed by atoms with E-state index in [1.807, 2.05) is 0 Å². The van der Waals surface area contributed by atoms with Crippen LogP contribution in [-0.2, 0) is 9.84 Å². The Morgan fingerprint density at radius 1 is 1.15 bits per heavy atom. The number of methoxy groups -OCH3 is 1. The molecule has 5 heteroatoms. The lowest BCUT2D eigenvalue weighted by Crippen LogP contribution is -2.31. The van der Waals surface area contributed by atoms with E-state index in [1.54, 1.807) is 18.2 Å². The number of sulfone groups is 1. The van der Waals surface area contributed by atoms with Gasteiger partial charge in [-0.15, -0.1) is 0 Å². The Hall–Kier alpha value is -1.23. The number of nitrogens with two attached hydrogens (primary N) is 1. The molecule has 0 aliphatic heterocycles. The molecule has 1 saturated carbocycles. The maximum Gasteiger partial charge on any atom is 0.184 e. The van der Waals surface area contributed by atoms with Crippen LogP contribution in [0.1, 0.15) is 33.1 Å². The Labute approximate surface area is 121 Å². The van der Waals surface area contributed by atoms with E-state index in [4.69, 9.17) is 10.5 Å². The first-order valence-corrected chi connectivity index (χ1v) is 8.56. The number of anilines is 1. The van der Waals surface area contributed by atoms with Crippen LogP contribution in [0.5, 0.6) is 5.75 Å². The highest BCUT2D eigenvalue weighted by molar-refractivity contribution is 7.92. The molecule has 2 N–H and O–H groups in total. The molecule has 1 aromatic carbocycles. The smallest absolute Gasteiger partial charge is 0.184 e. The predicted octanol–water partition coefficient (Wildman–Crippen LogP) is 2.88. The van der Waals surface area contributed by atoms with Gasteiger partial charge in [0.2, 0.25) is 0 Å². The molecule has 1 aromatic rings. The largest absolute Gasteiger partial charge is 0.495 e. The standard InChI is InChI=1S/C15H23NO3S/c1-10-6-11(2)8-13(7-10)20(17,18)15-5-4-12(16)9-14(15)19-3/h4-5,9-11,13H,6-8,16H2,1-3H3. The van der Waals surface area contributed by atoms with Crippen LogP contribution in [0.15, 0.2) is 23.1 Å². The second-order valence-electron chi connectivity index (χ2n) is 5.99. The molecule has 112 valence electrons. The number of hydrogen-bond acceptors (Lipinski definition) is 4. The summed E-state index contributed by atoms with van der Waals surface area (Å²) in [6, 6.07) is 4.75. The van der Waals surface area contributed by atoms with Gasteiger partial charge in [0.05, 0.1) is 12.4 Å². The molecule has 0 heterocycles. The summed E-state index contributed by atoms with van der Waals surface area (Å²) in [6.45, 7) is 4.25. The SMILES string of the molecule is COc1cc(N)ccc1S(=O)(=O)C1CC(C)CC(C)C1. The molecule has 1 aliphatic rings. The molecule has 0 radical (unpaired) electrons. The zero-order valence-corrected chi connectivity index (χ0v) is 13.1. The number of ether oxygens (including phenoxy) is 1.